The fourth-order valence-electron chi connectivity index (χ4n) is 1.87. The number of anilines is 1. The highest BCUT2D eigenvalue weighted by atomic mass is 35.5. The summed E-state index contributed by atoms with van der Waals surface area (Å²) in [4.78, 5) is 0.0150. The first kappa shape index (κ1) is 16.8. The Hall–Kier alpha value is -1.25. The molecule has 1 aromatic rings. The molecule has 0 aliphatic rings. The smallest absolute Gasteiger partial charge is 0.181 e. The Labute approximate surface area is 125 Å². The minimum atomic E-state index is -3.49. The zero-order valence-electron chi connectivity index (χ0n) is 11.7. The third kappa shape index (κ3) is 4.39. The van der Waals surface area contributed by atoms with Crippen LogP contribution in [0.5, 0.6) is 0 Å². The molecule has 0 aromatic heterocycles. The molecule has 0 atom stereocenters. The molecule has 1 aromatic carbocycles. The number of nitrogen functional groups attached to an aromatic ring is 1. The van der Waals surface area contributed by atoms with E-state index in [1.165, 1.54) is 12.1 Å². The van der Waals surface area contributed by atoms with E-state index >= 15 is 0 Å². The lowest BCUT2D eigenvalue weighted by Crippen LogP contribution is -2.12. The van der Waals surface area contributed by atoms with Crippen molar-refractivity contribution in [3.8, 4) is 6.07 Å². The molecular weight excluding hydrogens is 296 g/mol. The number of hydrogen-bond acceptors (Lipinski definition) is 4. The Morgan fingerprint density at radius 3 is 2.55 bits per heavy atom. The molecule has 0 aliphatic heterocycles. The highest BCUT2D eigenvalue weighted by molar-refractivity contribution is 7.91. The maximum Gasteiger partial charge on any atom is 0.181 e. The van der Waals surface area contributed by atoms with Crippen LogP contribution in [0.25, 0.3) is 0 Å². The zero-order chi connectivity index (χ0) is 15.4. The van der Waals surface area contributed by atoms with E-state index in [0.717, 1.165) is 0 Å². The Kier molecular flexibility index (Phi) is 5.43. The Morgan fingerprint density at radius 1 is 1.35 bits per heavy atom. The van der Waals surface area contributed by atoms with Crippen LogP contribution in [-0.2, 0) is 9.84 Å². The monoisotopic (exact) mass is 314 g/mol. The summed E-state index contributed by atoms with van der Waals surface area (Å²) in [7, 11) is -3.49. The van der Waals surface area contributed by atoms with Gasteiger partial charge in [-0.3, -0.25) is 0 Å². The van der Waals surface area contributed by atoms with Gasteiger partial charge in [0.15, 0.2) is 9.84 Å². The van der Waals surface area contributed by atoms with Crippen LogP contribution in [-0.4, -0.2) is 14.2 Å². The van der Waals surface area contributed by atoms with Gasteiger partial charge in [-0.05, 0) is 38.8 Å². The Bertz CT molecular complexity index is 598. The van der Waals surface area contributed by atoms with Gasteiger partial charge in [0.05, 0.1) is 27.9 Å². The molecular formula is C14H19ClN2O2S. The van der Waals surface area contributed by atoms with Crippen molar-refractivity contribution in [1.82, 2.24) is 0 Å². The number of nitrogens with two attached hydrogens (primary N) is 1. The highest BCUT2D eigenvalue weighted by Gasteiger charge is 2.22. The van der Waals surface area contributed by atoms with Crippen LogP contribution in [0.15, 0.2) is 23.1 Å². The molecule has 4 nitrogen and oxygen atoms in total. The molecule has 6 heteroatoms. The van der Waals surface area contributed by atoms with Crippen LogP contribution in [0.1, 0.15) is 33.1 Å². The normalized spacial score (nSPS) is 12.1. The van der Waals surface area contributed by atoms with Gasteiger partial charge in [0.2, 0.25) is 0 Å². The van der Waals surface area contributed by atoms with E-state index < -0.39 is 15.3 Å². The summed E-state index contributed by atoms with van der Waals surface area (Å²) in [6, 6.07) is 6.86. The van der Waals surface area contributed by atoms with E-state index in [1.807, 2.05) is 13.8 Å². The zero-order valence-corrected chi connectivity index (χ0v) is 13.3. The van der Waals surface area contributed by atoms with E-state index in [1.54, 1.807) is 6.07 Å². The molecule has 110 valence electrons. The molecule has 0 spiro atoms. The maximum absolute atomic E-state index is 12.2. The number of rotatable bonds is 6. The summed E-state index contributed by atoms with van der Waals surface area (Å²) in [5.41, 5.74) is 5.45. The summed E-state index contributed by atoms with van der Waals surface area (Å²) >= 11 is 5.92. The second-order valence-electron chi connectivity index (χ2n) is 5.43. The number of sulfone groups is 1. The molecule has 0 saturated heterocycles. The van der Waals surface area contributed by atoms with Crippen LogP contribution in [0.3, 0.4) is 0 Å². The van der Waals surface area contributed by atoms with Gasteiger partial charge in [-0.15, -0.1) is 0 Å². The summed E-state index contributed by atoms with van der Waals surface area (Å²) in [5.74, 6) is -0.0115. The molecule has 0 unspecified atom stereocenters. The van der Waals surface area contributed by atoms with E-state index in [9.17, 15) is 8.42 Å². The number of nitriles is 1. The van der Waals surface area contributed by atoms with Gasteiger partial charge in [-0.1, -0.05) is 24.1 Å². The lowest BCUT2D eigenvalue weighted by Gasteiger charge is -2.14. The van der Waals surface area contributed by atoms with Crippen molar-refractivity contribution < 1.29 is 8.42 Å². The van der Waals surface area contributed by atoms with Gasteiger partial charge >= 0.3 is 0 Å². The van der Waals surface area contributed by atoms with Crippen LogP contribution in [0.4, 0.5) is 5.69 Å². The molecule has 0 heterocycles. The summed E-state index contributed by atoms with van der Waals surface area (Å²) < 4.78 is 24.5. The van der Waals surface area contributed by atoms with E-state index in [4.69, 9.17) is 22.6 Å². The second kappa shape index (κ2) is 6.47. The number of unbranched alkanes of at least 4 members (excludes halogenated alkanes) is 1. The first-order valence-corrected chi connectivity index (χ1v) is 8.41. The molecule has 20 heavy (non-hydrogen) atoms. The lowest BCUT2D eigenvalue weighted by molar-refractivity contribution is 0.431. The van der Waals surface area contributed by atoms with Crippen LogP contribution in [0.2, 0.25) is 5.02 Å². The molecule has 0 aliphatic carbocycles. The quantitative estimate of drug-likeness (QED) is 0.644. The predicted molar refractivity (Wildman–Crippen MR) is 81.2 cm³/mol. The fourth-order valence-corrected chi connectivity index (χ4v) is 3.99. The van der Waals surface area contributed by atoms with E-state index in [-0.39, 0.29) is 21.4 Å². The Balaban J connectivity index is 2.71. The van der Waals surface area contributed by atoms with Gasteiger partial charge in [0.25, 0.3) is 0 Å². The van der Waals surface area contributed by atoms with Crippen molar-refractivity contribution in [2.24, 2.45) is 5.41 Å². The minimum Gasteiger partial charge on any atom is -0.398 e. The molecule has 0 saturated carbocycles. The van der Waals surface area contributed by atoms with Crippen molar-refractivity contribution in [1.29, 1.82) is 5.26 Å². The van der Waals surface area contributed by atoms with Crippen molar-refractivity contribution >= 4 is 27.1 Å². The topological polar surface area (TPSA) is 84.0 Å². The van der Waals surface area contributed by atoms with Crippen molar-refractivity contribution in [2.75, 3.05) is 11.5 Å². The molecule has 0 radical (unpaired) electrons. The molecule has 1 rings (SSSR count). The standard InChI is InChI=1S/C14H19ClN2O2S/c1-14(2,10-16)8-3-4-9-20(18,19)13-11(15)6-5-7-12(13)17/h5-7H,3-4,8-9,17H2,1-2H3. The molecule has 0 amide bonds. The predicted octanol–water partition coefficient (Wildman–Crippen LogP) is 3.42. The van der Waals surface area contributed by atoms with E-state index in [0.29, 0.717) is 19.3 Å². The molecule has 0 fully saturated rings. The van der Waals surface area contributed by atoms with Crippen LogP contribution in [0, 0.1) is 16.7 Å². The van der Waals surface area contributed by atoms with Crippen molar-refractivity contribution in [3.05, 3.63) is 23.2 Å². The van der Waals surface area contributed by atoms with Gasteiger partial charge in [-0.25, -0.2) is 8.42 Å². The largest absolute Gasteiger partial charge is 0.398 e. The van der Waals surface area contributed by atoms with Crippen LogP contribution >= 0.6 is 11.6 Å². The third-order valence-corrected chi connectivity index (χ3v) is 5.41. The second-order valence-corrected chi connectivity index (χ2v) is 7.88. The van der Waals surface area contributed by atoms with Crippen LogP contribution < -0.4 is 5.73 Å². The van der Waals surface area contributed by atoms with Gasteiger partial charge in [0.1, 0.15) is 4.90 Å². The first-order valence-electron chi connectivity index (χ1n) is 6.37. The first-order chi connectivity index (χ1) is 9.19. The third-order valence-electron chi connectivity index (χ3n) is 3.08. The summed E-state index contributed by atoms with van der Waals surface area (Å²) in [6.07, 6.45) is 1.82. The van der Waals surface area contributed by atoms with Gasteiger partial charge in [0, 0.05) is 0 Å². The fraction of sp³-hybridized carbons (Fsp3) is 0.500. The van der Waals surface area contributed by atoms with Crippen molar-refractivity contribution in [2.45, 2.75) is 38.0 Å². The maximum atomic E-state index is 12.2. The van der Waals surface area contributed by atoms with E-state index in [2.05, 4.69) is 6.07 Å². The average molecular weight is 315 g/mol. The minimum absolute atomic E-state index is 0.0115. The number of hydrogen-bond donors (Lipinski definition) is 1. The lowest BCUT2D eigenvalue weighted by atomic mass is 9.89. The SMILES string of the molecule is CC(C)(C#N)CCCCS(=O)(=O)c1c(N)cccc1Cl. The van der Waals surface area contributed by atoms with Gasteiger partial charge < -0.3 is 5.73 Å². The van der Waals surface area contributed by atoms with Gasteiger partial charge in [-0.2, -0.15) is 5.26 Å². The molecule has 2 N–H and O–H groups in total. The number of nitrogens with zero attached hydrogens (tertiary/aromatic N) is 1. The number of halogens is 1. The average Bonchev–Trinajstić information content (AvgIpc) is 2.34. The molecule has 0 bridgehead atoms. The number of benzene rings is 1. The summed E-state index contributed by atoms with van der Waals surface area (Å²) in [6.45, 7) is 3.68. The Morgan fingerprint density at radius 2 is 2.00 bits per heavy atom. The highest BCUT2D eigenvalue weighted by Crippen LogP contribution is 2.29. The summed E-state index contributed by atoms with van der Waals surface area (Å²) in [5, 5.41) is 9.06. The van der Waals surface area contributed by atoms with Crippen molar-refractivity contribution in [3.63, 3.8) is 0 Å².